The summed E-state index contributed by atoms with van der Waals surface area (Å²) < 4.78 is 0. The van der Waals surface area contributed by atoms with Crippen LogP contribution in [0.3, 0.4) is 0 Å². The third-order valence-electron chi connectivity index (χ3n) is 2.27. The van der Waals surface area contributed by atoms with E-state index in [0.29, 0.717) is 17.9 Å². The SMILES string of the molecule is C=NN=C1c2ncc(C=O)cc2CN1C. The van der Waals surface area contributed by atoms with E-state index in [1.807, 2.05) is 18.0 Å². The Morgan fingerprint density at radius 1 is 1.67 bits per heavy atom. The molecule has 0 aliphatic carbocycles. The zero-order chi connectivity index (χ0) is 10.8. The number of carbonyl (C=O) groups is 1. The van der Waals surface area contributed by atoms with Crippen LogP contribution in [0.2, 0.25) is 0 Å². The molecule has 0 unspecified atom stereocenters. The fourth-order valence-corrected chi connectivity index (χ4v) is 1.62. The molecule has 0 saturated carbocycles. The lowest BCUT2D eigenvalue weighted by atomic mass is 10.2. The van der Waals surface area contributed by atoms with Gasteiger partial charge in [0.2, 0.25) is 0 Å². The summed E-state index contributed by atoms with van der Waals surface area (Å²) in [4.78, 5) is 16.7. The average Bonchev–Trinajstić information content (AvgIpc) is 2.55. The van der Waals surface area contributed by atoms with Gasteiger partial charge in [0, 0.05) is 37.6 Å². The number of nitrogens with zero attached hydrogens (tertiary/aromatic N) is 4. The molecule has 2 rings (SSSR count). The summed E-state index contributed by atoms with van der Waals surface area (Å²) in [5.41, 5.74) is 2.34. The van der Waals surface area contributed by atoms with Crippen molar-refractivity contribution >= 4 is 18.8 Å². The summed E-state index contributed by atoms with van der Waals surface area (Å²) in [6.45, 7) is 4.01. The van der Waals surface area contributed by atoms with E-state index in [4.69, 9.17) is 0 Å². The van der Waals surface area contributed by atoms with Gasteiger partial charge in [0.05, 0.1) is 0 Å². The molecule has 1 aromatic heterocycles. The highest BCUT2D eigenvalue weighted by Crippen LogP contribution is 2.20. The summed E-state index contributed by atoms with van der Waals surface area (Å²) in [5.74, 6) is 0.692. The Morgan fingerprint density at radius 2 is 2.47 bits per heavy atom. The molecule has 0 spiro atoms. The predicted octanol–water partition coefficient (Wildman–Crippen LogP) is 0.702. The highest BCUT2D eigenvalue weighted by Gasteiger charge is 2.24. The molecule has 15 heavy (non-hydrogen) atoms. The van der Waals surface area contributed by atoms with Gasteiger partial charge in [0.15, 0.2) is 12.1 Å². The van der Waals surface area contributed by atoms with Crippen LogP contribution in [0.4, 0.5) is 0 Å². The van der Waals surface area contributed by atoms with E-state index in [2.05, 4.69) is 21.9 Å². The molecule has 1 aliphatic heterocycles. The largest absolute Gasteiger partial charge is 0.352 e. The Bertz CT molecular complexity index is 453. The van der Waals surface area contributed by atoms with E-state index < -0.39 is 0 Å². The molecule has 0 aromatic carbocycles. The standard InChI is InChI=1S/C10H10N4O/c1-11-13-10-9-8(5-14(10)2)3-7(6-15)4-12-9/h3-4,6H,1,5H2,2H3. The highest BCUT2D eigenvalue weighted by molar-refractivity contribution is 6.01. The lowest BCUT2D eigenvalue weighted by molar-refractivity contribution is 0.112. The Kier molecular flexibility index (Phi) is 2.29. The van der Waals surface area contributed by atoms with Crippen LogP contribution in [-0.2, 0) is 6.54 Å². The molecule has 1 aliphatic rings. The molecule has 0 atom stereocenters. The first kappa shape index (κ1) is 9.51. The molecule has 1 aromatic rings. The zero-order valence-corrected chi connectivity index (χ0v) is 8.34. The maximum absolute atomic E-state index is 10.6. The molecule has 0 amide bonds. The van der Waals surface area contributed by atoms with Crippen molar-refractivity contribution in [1.29, 1.82) is 0 Å². The monoisotopic (exact) mass is 202 g/mol. The number of hydrogen-bond donors (Lipinski definition) is 0. The van der Waals surface area contributed by atoms with E-state index in [-0.39, 0.29) is 0 Å². The third-order valence-corrected chi connectivity index (χ3v) is 2.27. The molecule has 0 radical (unpaired) electrons. The molecular formula is C10H10N4O. The smallest absolute Gasteiger partial charge is 0.177 e. The van der Waals surface area contributed by atoms with E-state index in [9.17, 15) is 4.79 Å². The van der Waals surface area contributed by atoms with Crippen LogP contribution in [0.15, 0.2) is 22.5 Å². The third kappa shape index (κ3) is 1.52. The molecule has 76 valence electrons. The number of fused-ring (bicyclic) bond motifs is 1. The zero-order valence-electron chi connectivity index (χ0n) is 8.34. The molecule has 0 saturated heterocycles. The summed E-state index contributed by atoms with van der Waals surface area (Å²) >= 11 is 0. The van der Waals surface area contributed by atoms with Crippen LogP contribution in [0, 0.1) is 0 Å². The number of carbonyl (C=O) groups excluding carboxylic acids is 1. The predicted molar refractivity (Wildman–Crippen MR) is 57.2 cm³/mol. The highest BCUT2D eigenvalue weighted by atomic mass is 16.1. The average molecular weight is 202 g/mol. The summed E-state index contributed by atoms with van der Waals surface area (Å²) in [5, 5.41) is 7.40. The first-order valence-corrected chi connectivity index (χ1v) is 4.45. The van der Waals surface area contributed by atoms with Gasteiger partial charge >= 0.3 is 0 Å². The summed E-state index contributed by atoms with van der Waals surface area (Å²) in [6, 6.07) is 1.82. The molecule has 5 heteroatoms. The maximum Gasteiger partial charge on any atom is 0.177 e. The van der Waals surface area contributed by atoms with Crippen molar-refractivity contribution in [3.63, 3.8) is 0 Å². The van der Waals surface area contributed by atoms with Gasteiger partial charge in [-0.05, 0) is 6.07 Å². The molecule has 0 N–H and O–H groups in total. The quantitative estimate of drug-likeness (QED) is 0.403. The number of pyridine rings is 1. The first-order chi connectivity index (χ1) is 7.26. The number of rotatable bonds is 2. The van der Waals surface area contributed by atoms with Crippen molar-refractivity contribution in [3.05, 3.63) is 29.1 Å². The number of hydrogen-bond acceptors (Lipinski definition) is 4. The second kappa shape index (κ2) is 3.61. The van der Waals surface area contributed by atoms with Crippen LogP contribution >= 0.6 is 0 Å². The van der Waals surface area contributed by atoms with Crippen LogP contribution in [0.1, 0.15) is 21.6 Å². The van der Waals surface area contributed by atoms with Gasteiger partial charge in [0.25, 0.3) is 0 Å². The van der Waals surface area contributed by atoms with Gasteiger partial charge in [-0.2, -0.15) is 5.10 Å². The molecular weight excluding hydrogens is 192 g/mol. The fourth-order valence-electron chi connectivity index (χ4n) is 1.62. The minimum Gasteiger partial charge on any atom is -0.352 e. The van der Waals surface area contributed by atoms with Crippen LogP contribution in [0.5, 0.6) is 0 Å². The van der Waals surface area contributed by atoms with Crippen molar-refractivity contribution in [1.82, 2.24) is 9.88 Å². The van der Waals surface area contributed by atoms with E-state index in [1.165, 1.54) is 6.20 Å². The second-order valence-electron chi connectivity index (χ2n) is 3.32. The topological polar surface area (TPSA) is 57.9 Å². The number of aromatic nitrogens is 1. The Balaban J connectivity index is 2.52. The van der Waals surface area contributed by atoms with Crippen molar-refractivity contribution in [2.24, 2.45) is 10.2 Å². The Morgan fingerprint density at radius 3 is 3.13 bits per heavy atom. The molecule has 2 heterocycles. The lowest BCUT2D eigenvalue weighted by Crippen LogP contribution is -2.19. The molecule has 5 nitrogen and oxygen atoms in total. The van der Waals surface area contributed by atoms with Crippen LogP contribution in [-0.4, -0.2) is 35.8 Å². The van der Waals surface area contributed by atoms with Gasteiger partial charge < -0.3 is 4.90 Å². The van der Waals surface area contributed by atoms with Crippen LogP contribution in [0.25, 0.3) is 0 Å². The van der Waals surface area contributed by atoms with Crippen molar-refractivity contribution in [2.45, 2.75) is 6.54 Å². The lowest BCUT2D eigenvalue weighted by Gasteiger charge is -2.08. The van der Waals surface area contributed by atoms with E-state index >= 15 is 0 Å². The summed E-state index contributed by atoms with van der Waals surface area (Å²) in [7, 11) is 1.90. The number of amidine groups is 1. The van der Waals surface area contributed by atoms with Crippen molar-refractivity contribution in [3.8, 4) is 0 Å². The minimum absolute atomic E-state index is 0.579. The number of aldehydes is 1. The van der Waals surface area contributed by atoms with Gasteiger partial charge in [-0.15, -0.1) is 5.10 Å². The van der Waals surface area contributed by atoms with Gasteiger partial charge in [0.1, 0.15) is 5.69 Å². The van der Waals surface area contributed by atoms with Gasteiger partial charge in [-0.25, -0.2) is 0 Å². The van der Waals surface area contributed by atoms with Gasteiger partial charge in [-0.1, -0.05) is 0 Å². The van der Waals surface area contributed by atoms with E-state index in [1.54, 1.807) is 0 Å². The minimum atomic E-state index is 0.579. The normalized spacial score (nSPS) is 16.6. The van der Waals surface area contributed by atoms with Crippen molar-refractivity contribution in [2.75, 3.05) is 7.05 Å². The second-order valence-corrected chi connectivity index (χ2v) is 3.32. The van der Waals surface area contributed by atoms with Gasteiger partial charge in [-0.3, -0.25) is 9.78 Å². The van der Waals surface area contributed by atoms with Crippen LogP contribution < -0.4 is 0 Å². The van der Waals surface area contributed by atoms with E-state index in [0.717, 1.165) is 17.5 Å². The Labute approximate surface area is 87.2 Å². The molecule has 0 fully saturated rings. The van der Waals surface area contributed by atoms with Crippen molar-refractivity contribution < 1.29 is 4.79 Å². The fraction of sp³-hybridized carbons (Fsp3) is 0.200. The first-order valence-electron chi connectivity index (χ1n) is 4.45. The summed E-state index contributed by atoms with van der Waals surface area (Å²) in [6.07, 6.45) is 2.32. The Hall–Kier alpha value is -2.04. The maximum atomic E-state index is 10.6. The molecule has 0 bridgehead atoms.